The zero-order valence-electron chi connectivity index (χ0n) is 18.7. The van der Waals surface area contributed by atoms with Gasteiger partial charge in [-0.15, -0.1) is 0 Å². The summed E-state index contributed by atoms with van der Waals surface area (Å²) in [4.78, 5) is 38.7. The summed E-state index contributed by atoms with van der Waals surface area (Å²) >= 11 is 0. The first-order valence-corrected chi connectivity index (χ1v) is 10.4. The summed E-state index contributed by atoms with van der Waals surface area (Å²) in [7, 11) is 0. The van der Waals surface area contributed by atoms with Crippen molar-refractivity contribution in [2.45, 2.75) is 58.7 Å². The molecule has 0 unspecified atom stereocenters. The summed E-state index contributed by atoms with van der Waals surface area (Å²) in [5.41, 5.74) is 0.198. The van der Waals surface area contributed by atoms with Crippen LogP contribution in [-0.4, -0.2) is 40.4 Å². The lowest BCUT2D eigenvalue weighted by Gasteiger charge is -2.29. The average molecular weight is 424 g/mol. The second-order valence-corrected chi connectivity index (χ2v) is 9.17. The number of carbonyl (C=O) groups excluding carboxylic acids is 3. The third kappa shape index (κ3) is 5.32. The Kier molecular flexibility index (Phi) is 6.20. The third-order valence-corrected chi connectivity index (χ3v) is 4.89. The lowest BCUT2D eigenvalue weighted by atomic mass is 10.1. The number of imide groups is 1. The molecule has 0 saturated carbocycles. The Morgan fingerprint density at radius 2 is 1.52 bits per heavy atom. The molecule has 1 heterocycles. The second kappa shape index (κ2) is 8.53. The topological polar surface area (TPSA) is 72.9 Å². The molecular weight excluding hydrogens is 394 g/mol. The Balaban J connectivity index is 1.59. The molecule has 6 nitrogen and oxygen atoms in total. The standard InChI is InChI=1S/C25H29NO5/c1-24(2,3)31-23(29)25(4,5)30-18-12-8-10-17(16-18)11-9-15-26-21(27)19-13-6-7-14-20(19)22(26)28/h6-8,10,12-14,16H,9,11,15H2,1-5H3. The van der Waals surface area contributed by atoms with E-state index in [1.54, 1.807) is 44.2 Å². The average Bonchev–Trinajstić information content (AvgIpc) is 2.92. The van der Waals surface area contributed by atoms with Crippen LogP contribution in [0.1, 0.15) is 67.3 Å². The maximum atomic E-state index is 12.5. The fourth-order valence-electron chi connectivity index (χ4n) is 3.39. The van der Waals surface area contributed by atoms with E-state index in [0.29, 0.717) is 36.3 Å². The zero-order valence-corrected chi connectivity index (χ0v) is 18.7. The van der Waals surface area contributed by atoms with Gasteiger partial charge in [-0.05, 0) is 77.3 Å². The number of aryl methyl sites for hydroxylation is 1. The minimum absolute atomic E-state index is 0.239. The quantitative estimate of drug-likeness (QED) is 0.487. The minimum atomic E-state index is -1.13. The predicted octanol–water partition coefficient (Wildman–Crippen LogP) is 4.41. The monoisotopic (exact) mass is 423 g/mol. The first-order chi connectivity index (χ1) is 14.5. The summed E-state index contributed by atoms with van der Waals surface area (Å²) in [6, 6.07) is 14.4. The Labute approximate surface area is 183 Å². The van der Waals surface area contributed by atoms with Gasteiger partial charge in [0.1, 0.15) is 11.4 Å². The number of carbonyl (C=O) groups is 3. The molecule has 3 rings (SSSR count). The Bertz CT molecular complexity index is 968. The molecule has 0 saturated heterocycles. The summed E-state index contributed by atoms with van der Waals surface area (Å²) in [5, 5.41) is 0. The molecule has 0 fully saturated rings. The summed E-state index contributed by atoms with van der Waals surface area (Å²) in [5.74, 6) is -0.348. The van der Waals surface area contributed by atoms with Gasteiger partial charge in [-0.2, -0.15) is 0 Å². The lowest BCUT2D eigenvalue weighted by molar-refractivity contribution is -0.170. The number of esters is 1. The molecule has 0 bridgehead atoms. The van der Waals surface area contributed by atoms with Crippen molar-refractivity contribution in [1.29, 1.82) is 0 Å². The Morgan fingerprint density at radius 3 is 2.10 bits per heavy atom. The first kappa shape index (κ1) is 22.5. The summed E-state index contributed by atoms with van der Waals surface area (Å²) in [6.45, 7) is 9.15. The van der Waals surface area contributed by atoms with Gasteiger partial charge in [-0.1, -0.05) is 24.3 Å². The van der Waals surface area contributed by atoms with E-state index in [1.807, 2.05) is 39.0 Å². The lowest BCUT2D eigenvalue weighted by Crippen LogP contribution is -2.43. The van der Waals surface area contributed by atoms with Crippen molar-refractivity contribution in [3.63, 3.8) is 0 Å². The molecule has 1 aliphatic rings. The van der Waals surface area contributed by atoms with Crippen LogP contribution in [-0.2, 0) is 16.0 Å². The second-order valence-electron chi connectivity index (χ2n) is 9.17. The highest BCUT2D eigenvalue weighted by molar-refractivity contribution is 6.21. The van der Waals surface area contributed by atoms with Crippen LogP contribution in [0.4, 0.5) is 0 Å². The van der Waals surface area contributed by atoms with Crippen molar-refractivity contribution in [3.05, 3.63) is 65.2 Å². The van der Waals surface area contributed by atoms with E-state index in [9.17, 15) is 14.4 Å². The highest BCUT2D eigenvalue weighted by Crippen LogP contribution is 2.25. The molecule has 0 radical (unpaired) electrons. The molecule has 31 heavy (non-hydrogen) atoms. The van der Waals surface area contributed by atoms with Gasteiger partial charge in [-0.3, -0.25) is 14.5 Å². The SMILES string of the molecule is CC(C)(C)OC(=O)C(C)(C)Oc1cccc(CCCN2C(=O)c3ccccc3C2=O)c1. The third-order valence-electron chi connectivity index (χ3n) is 4.89. The van der Waals surface area contributed by atoms with Crippen molar-refractivity contribution in [2.75, 3.05) is 6.54 Å². The molecular formula is C25H29NO5. The van der Waals surface area contributed by atoms with Crippen molar-refractivity contribution < 1.29 is 23.9 Å². The maximum Gasteiger partial charge on any atom is 0.350 e. The van der Waals surface area contributed by atoms with Crippen LogP contribution < -0.4 is 4.74 Å². The zero-order chi connectivity index (χ0) is 22.8. The smallest absolute Gasteiger partial charge is 0.350 e. The van der Waals surface area contributed by atoms with Gasteiger partial charge in [0, 0.05) is 6.54 Å². The van der Waals surface area contributed by atoms with Gasteiger partial charge < -0.3 is 9.47 Å². The highest BCUT2D eigenvalue weighted by Gasteiger charge is 2.35. The van der Waals surface area contributed by atoms with Crippen LogP contribution in [0.5, 0.6) is 5.75 Å². The van der Waals surface area contributed by atoms with Crippen molar-refractivity contribution in [3.8, 4) is 5.75 Å². The molecule has 0 spiro atoms. The van der Waals surface area contributed by atoms with Crippen LogP contribution >= 0.6 is 0 Å². The highest BCUT2D eigenvalue weighted by atomic mass is 16.6. The molecule has 0 aliphatic carbocycles. The fraction of sp³-hybridized carbons (Fsp3) is 0.400. The van der Waals surface area contributed by atoms with Crippen molar-refractivity contribution in [2.24, 2.45) is 0 Å². The number of amides is 2. The van der Waals surface area contributed by atoms with Crippen LogP contribution in [0.2, 0.25) is 0 Å². The van der Waals surface area contributed by atoms with E-state index >= 15 is 0 Å². The number of hydrogen-bond acceptors (Lipinski definition) is 5. The number of rotatable bonds is 7. The molecule has 2 aromatic rings. The normalized spacial score (nSPS) is 13.9. The minimum Gasteiger partial charge on any atom is -0.476 e. The van der Waals surface area contributed by atoms with Gasteiger partial charge in [-0.25, -0.2) is 4.79 Å². The summed E-state index contributed by atoms with van der Waals surface area (Å²) in [6.07, 6.45) is 1.29. The van der Waals surface area contributed by atoms with E-state index in [2.05, 4.69) is 0 Å². The maximum absolute atomic E-state index is 12.5. The number of benzene rings is 2. The van der Waals surface area contributed by atoms with Crippen LogP contribution in [0.25, 0.3) is 0 Å². The first-order valence-electron chi connectivity index (χ1n) is 10.4. The van der Waals surface area contributed by atoms with Gasteiger partial charge in [0.15, 0.2) is 5.60 Å². The van der Waals surface area contributed by atoms with Crippen LogP contribution in [0, 0.1) is 0 Å². The largest absolute Gasteiger partial charge is 0.476 e. The van der Waals surface area contributed by atoms with E-state index < -0.39 is 17.2 Å². The van der Waals surface area contributed by atoms with Crippen molar-refractivity contribution in [1.82, 2.24) is 4.90 Å². The number of hydrogen-bond donors (Lipinski definition) is 0. The molecule has 0 N–H and O–H groups in total. The van der Waals surface area contributed by atoms with Gasteiger partial charge in [0.2, 0.25) is 0 Å². The molecule has 2 amide bonds. The van der Waals surface area contributed by atoms with Gasteiger partial charge in [0.25, 0.3) is 11.8 Å². The van der Waals surface area contributed by atoms with E-state index in [-0.39, 0.29) is 11.8 Å². The van der Waals surface area contributed by atoms with E-state index in [4.69, 9.17) is 9.47 Å². The van der Waals surface area contributed by atoms with Gasteiger partial charge in [0.05, 0.1) is 11.1 Å². The molecule has 6 heteroatoms. The molecule has 0 atom stereocenters. The fourth-order valence-corrected chi connectivity index (χ4v) is 3.39. The Morgan fingerprint density at radius 1 is 0.903 bits per heavy atom. The molecule has 1 aliphatic heterocycles. The Hall–Kier alpha value is -3.15. The number of ether oxygens (including phenoxy) is 2. The van der Waals surface area contributed by atoms with E-state index in [1.165, 1.54) is 4.90 Å². The molecule has 2 aromatic carbocycles. The van der Waals surface area contributed by atoms with Crippen LogP contribution in [0.3, 0.4) is 0 Å². The number of nitrogens with zero attached hydrogens (tertiary/aromatic N) is 1. The van der Waals surface area contributed by atoms with Crippen molar-refractivity contribution >= 4 is 17.8 Å². The molecule has 164 valence electrons. The number of fused-ring (bicyclic) bond motifs is 1. The van der Waals surface area contributed by atoms with E-state index in [0.717, 1.165) is 5.56 Å². The molecule has 0 aromatic heterocycles. The predicted molar refractivity (Wildman–Crippen MR) is 117 cm³/mol. The van der Waals surface area contributed by atoms with Gasteiger partial charge >= 0.3 is 5.97 Å². The summed E-state index contributed by atoms with van der Waals surface area (Å²) < 4.78 is 11.4. The van der Waals surface area contributed by atoms with Crippen LogP contribution in [0.15, 0.2) is 48.5 Å².